The Labute approximate surface area is 172 Å². The van der Waals surface area contributed by atoms with Crippen LogP contribution in [0.3, 0.4) is 0 Å². The van der Waals surface area contributed by atoms with Crippen LogP contribution in [0, 0.1) is 0 Å². The normalized spacial score (nSPS) is 10.8. The van der Waals surface area contributed by atoms with Crippen molar-refractivity contribution in [2.45, 2.75) is 18.5 Å². The summed E-state index contributed by atoms with van der Waals surface area (Å²) in [4.78, 5) is 16.6. The lowest BCUT2D eigenvalue weighted by molar-refractivity contribution is -0.113. The number of carbonyl (C=O) groups excluding carboxylic acids is 1. The first-order valence-corrected chi connectivity index (χ1v) is 10.2. The highest BCUT2D eigenvalue weighted by Crippen LogP contribution is 2.24. The quantitative estimate of drug-likeness (QED) is 0.475. The topological polar surface area (TPSA) is 77.6 Å². The number of rotatable bonds is 7. The van der Waals surface area contributed by atoms with Crippen LogP contribution in [0.4, 0.5) is 5.69 Å². The molecule has 146 valence electrons. The molecule has 0 radical (unpaired) electrons. The Kier molecular flexibility index (Phi) is 5.71. The number of benzene rings is 1. The van der Waals surface area contributed by atoms with E-state index in [9.17, 15) is 4.79 Å². The second-order valence-corrected chi connectivity index (χ2v) is 7.26. The van der Waals surface area contributed by atoms with Gasteiger partial charge < -0.3 is 5.32 Å². The number of pyridine rings is 1. The predicted molar refractivity (Wildman–Crippen MR) is 114 cm³/mol. The zero-order valence-corrected chi connectivity index (χ0v) is 16.7. The number of nitrogens with zero attached hydrogens (tertiary/aromatic N) is 5. The summed E-state index contributed by atoms with van der Waals surface area (Å²) in [6, 6.07) is 15.5. The number of carbonyl (C=O) groups is 1. The summed E-state index contributed by atoms with van der Waals surface area (Å²) < 4.78 is 3.75. The van der Waals surface area contributed by atoms with Crippen molar-refractivity contribution in [3.63, 3.8) is 0 Å². The molecule has 4 rings (SSSR count). The SMILES string of the molecule is CCc1cccc(NC(=O)CSc2nnc(-c3cccnc3)n2-n2cccc2)c1. The van der Waals surface area contributed by atoms with E-state index in [0.717, 1.165) is 17.7 Å². The highest BCUT2D eigenvalue weighted by molar-refractivity contribution is 7.99. The maximum Gasteiger partial charge on any atom is 0.234 e. The molecule has 0 spiro atoms. The average molecular weight is 404 g/mol. The Bertz CT molecular complexity index is 1090. The third-order valence-electron chi connectivity index (χ3n) is 4.30. The van der Waals surface area contributed by atoms with Crippen molar-refractivity contribution in [3.8, 4) is 11.4 Å². The Balaban J connectivity index is 1.53. The van der Waals surface area contributed by atoms with Gasteiger partial charge in [0.1, 0.15) is 0 Å². The van der Waals surface area contributed by atoms with Crippen LogP contribution in [0.2, 0.25) is 0 Å². The number of anilines is 1. The molecule has 0 atom stereocenters. The van der Waals surface area contributed by atoms with Crippen molar-refractivity contribution in [2.24, 2.45) is 0 Å². The molecule has 1 aromatic carbocycles. The summed E-state index contributed by atoms with van der Waals surface area (Å²) in [5, 5.41) is 12.2. The van der Waals surface area contributed by atoms with Crippen molar-refractivity contribution in [2.75, 3.05) is 11.1 Å². The number of aromatic nitrogens is 5. The van der Waals surface area contributed by atoms with E-state index in [0.29, 0.717) is 11.0 Å². The van der Waals surface area contributed by atoms with Crippen LogP contribution >= 0.6 is 11.8 Å². The summed E-state index contributed by atoms with van der Waals surface area (Å²) >= 11 is 1.33. The lowest BCUT2D eigenvalue weighted by Gasteiger charge is -2.11. The molecule has 0 aliphatic heterocycles. The smallest absolute Gasteiger partial charge is 0.234 e. The Morgan fingerprint density at radius 1 is 1.10 bits per heavy atom. The molecule has 1 amide bonds. The van der Waals surface area contributed by atoms with E-state index in [1.165, 1.54) is 17.3 Å². The Hall–Kier alpha value is -3.39. The molecule has 29 heavy (non-hydrogen) atoms. The molecule has 3 aromatic heterocycles. The molecule has 8 heteroatoms. The molecular formula is C21H20N6OS. The average Bonchev–Trinajstić information content (AvgIpc) is 3.42. The number of hydrogen-bond donors (Lipinski definition) is 1. The van der Waals surface area contributed by atoms with Crippen LogP contribution in [-0.4, -0.2) is 36.2 Å². The molecule has 0 aliphatic rings. The molecule has 1 N–H and O–H groups in total. The van der Waals surface area contributed by atoms with Gasteiger partial charge in [-0.1, -0.05) is 30.8 Å². The van der Waals surface area contributed by atoms with Gasteiger partial charge in [0.2, 0.25) is 11.1 Å². The van der Waals surface area contributed by atoms with Crippen LogP contribution in [0.5, 0.6) is 0 Å². The van der Waals surface area contributed by atoms with Crippen molar-refractivity contribution < 1.29 is 4.79 Å². The van der Waals surface area contributed by atoms with Crippen molar-refractivity contribution in [3.05, 3.63) is 78.9 Å². The van der Waals surface area contributed by atoms with Gasteiger partial charge >= 0.3 is 0 Å². The highest BCUT2D eigenvalue weighted by atomic mass is 32.2. The molecule has 7 nitrogen and oxygen atoms in total. The molecular weight excluding hydrogens is 384 g/mol. The first kappa shape index (κ1) is 18.9. The summed E-state index contributed by atoms with van der Waals surface area (Å²) in [6.07, 6.45) is 8.20. The van der Waals surface area contributed by atoms with E-state index in [1.807, 2.05) is 70.3 Å². The molecule has 0 saturated heterocycles. The summed E-state index contributed by atoms with van der Waals surface area (Å²) in [6.45, 7) is 2.09. The molecule has 0 saturated carbocycles. The second kappa shape index (κ2) is 8.74. The maximum atomic E-state index is 12.5. The van der Waals surface area contributed by atoms with Gasteiger partial charge in [0.05, 0.1) is 5.75 Å². The van der Waals surface area contributed by atoms with Gasteiger partial charge in [-0.15, -0.1) is 10.2 Å². The monoisotopic (exact) mass is 404 g/mol. The van der Waals surface area contributed by atoms with Gasteiger partial charge in [-0.3, -0.25) is 14.5 Å². The number of nitrogens with one attached hydrogen (secondary N) is 1. The zero-order valence-electron chi connectivity index (χ0n) is 15.9. The Morgan fingerprint density at radius 2 is 1.97 bits per heavy atom. The van der Waals surface area contributed by atoms with Gasteiger partial charge in [-0.25, -0.2) is 4.68 Å². The maximum absolute atomic E-state index is 12.5. The summed E-state index contributed by atoms with van der Waals surface area (Å²) in [5.74, 6) is 0.795. The minimum absolute atomic E-state index is 0.0896. The molecule has 4 aromatic rings. The standard InChI is InChI=1S/C21H20N6OS/c1-2-16-7-5-9-18(13-16)23-19(28)15-29-21-25-24-20(17-8-6-10-22-14-17)27(21)26-11-3-4-12-26/h3-14H,2,15H2,1H3,(H,23,28). The number of thioether (sulfide) groups is 1. The number of aryl methyl sites for hydroxylation is 1. The van der Waals surface area contributed by atoms with Crippen LogP contribution in [0.25, 0.3) is 11.4 Å². The third-order valence-corrected chi connectivity index (χ3v) is 5.22. The number of amides is 1. The molecule has 0 unspecified atom stereocenters. The fourth-order valence-corrected chi connectivity index (χ4v) is 3.63. The number of hydrogen-bond acceptors (Lipinski definition) is 5. The van der Waals surface area contributed by atoms with E-state index < -0.39 is 0 Å². The first-order valence-electron chi connectivity index (χ1n) is 9.25. The van der Waals surface area contributed by atoms with Crippen LogP contribution in [-0.2, 0) is 11.2 Å². The van der Waals surface area contributed by atoms with E-state index in [2.05, 4.69) is 27.4 Å². The second-order valence-electron chi connectivity index (χ2n) is 6.31. The van der Waals surface area contributed by atoms with Gasteiger partial charge in [-0.2, -0.15) is 0 Å². The van der Waals surface area contributed by atoms with Crippen LogP contribution in [0.1, 0.15) is 12.5 Å². The van der Waals surface area contributed by atoms with Gasteiger partial charge in [0.15, 0.2) is 5.82 Å². The fourth-order valence-electron chi connectivity index (χ4n) is 2.89. The van der Waals surface area contributed by atoms with Gasteiger partial charge in [0.25, 0.3) is 0 Å². The highest BCUT2D eigenvalue weighted by Gasteiger charge is 2.17. The van der Waals surface area contributed by atoms with E-state index >= 15 is 0 Å². The van der Waals surface area contributed by atoms with Crippen LogP contribution in [0.15, 0.2) is 78.5 Å². The van der Waals surface area contributed by atoms with Crippen LogP contribution < -0.4 is 5.32 Å². The van der Waals surface area contributed by atoms with E-state index in [4.69, 9.17) is 0 Å². The van der Waals surface area contributed by atoms with E-state index in [-0.39, 0.29) is 11.7 Å². The third kappa shape index (κ3) is 4.38. The zero-order chi connectivity index (χ0) is 20.1. The minimum Gasteiger partial charge on any atom is -0.325 e. The van der Waals surface area contributed by atoms with Gasteiger partial charge in [-0.05, 0) is 48.4 Å². The predicted octanol–water partition coefficient (Wildman–Crippen LogP) is 3.75. The Morgan fingerprint density at radius 3 is 2.72 bits per heavy atom. The molecule has 3 heterocycles. The fraction of sp³-hybridized carbons (Fsp3) is 0.143. The minimum atomic E-state index is -0.0896. The lowest BCUT2D eigenvalue weighted by Crippen LogP contribution is -2.16. The van der Waals surface area contributed by atoms with Crippen molar-refractivity contribution in [1.29, 1.82) is 0 Å². The summed E-state index contributed by atoms with van der Waals surface area (Å²) in [7, 11) is 0. The molecule has 0 aliphatic carbocycles. The van der Waals surface area contributed by atoms with Crippen molar-refractivity contribution in [1.82, 2.24) is 24.5 Å². The van der Waals surface area contributed by atoms with Gasteiger partial charge in [0, 0.05) is 36.0 Å². The summed E-state index contributed by atoms with van der Waals surface area (Å²) in [5.41, 5.74) is 2.84. The molecule has 0 fully saturated rings. The van der Waals surface area contributed by atoms with Crippen molar-refractivity contribution >= 4 is 23.4 Å². The molecule has 0 bridgehead atoms. The lowest BCUT2D eigenvalue weighted by atomic mass is 10.1. The van der Waals surface area contributed by atoms with E-state index in [1.54, 1.807) is 12.4 Å². The first-order chi connectivity index (χ1) is 14.2. The largest absolute Gasteiger partial charge is 0.325 e.